The Kier molecular flexibility index (Phi) is 4.30. The maximum atomic E-state index is 11.0. The van der Waals surface area contributed by atoms with Crippen molar-refractivity contribution >= 4 is 34.3 Å². The molecule has 1 heterocycles. The van der Waals surface area contributed by atoms with Gasteiger partial charge in [0.1, 0.15) is 5.69 Å². The predicted molar refractivity (Wildman–Crippen MR) is 83.9 cm³/mol. The topological polar surface area (TPSA) is 55.2 Å². The number of nitrogens with one attached hydrogen (secondary N) is 1. The summed E-state index contributed by atoms with van der Waals surface area (Å²) in [6.45, 7) is 4.75. The van der Waals surface area contributed by atoms with E-state index >= 15 is 0 Å². The minimum Gasteiger partial charge on any atom is -0.377 e. The molecule has 0 saturated carbocycles. The van der Waals surface area contributed by atoms with E-state index in [0.717, 1.165) is 0 Å². The summed E-state index contributed by atoms with van der Waals surface area (Å²) in [7, 11) is 0. The van der Waals surface area contributed by atoms with Crippen molar-refractivity contribution in [3.05, 3.63) is 55.7 Å². The van der Waals surface area contributed by atoms with Gasteiger partial charge in [-0.1, -0.05) is 37.6 Å². The molecule has 6 heteroatoms. The van der Waals surface area contributed by atoms with Gasteiger partial charge in [-0.25, -0.2) is 0 Å². The molecule has 1 aromatic heterocycles. The van der Waals surface area contributed by atoms with Crippen molar-refractivity contribution in [1.82, 2.24) is 0 Å². The summed E-state index contributed by atoms with van der Waals surface area (Å²) in [5.74, 6) is 0. The van der Waals surface area contributed by atoms with Gasteiger partial charge in [0.25, 0.3) is 5.69 Å². The molecule has 1 aromatic carbocycles. The van der Waals surface area contributed by atoms with Gasteiger partial charge in [0.05, 0.1) is 9.95 Å². The summed E-state index contributed by atoms with van der Waals surface area (Å²) >= 11 is 7.74. The average Bonchev–Trinajstić information content (AvgIpc) is 2.91. The van der Waals surface area contributed by atoms with Crippen molar-refractivity contribution in [2.45, 2.75) is 19.3 Å². The molecule has 0 saturated heterocycles. The van der Waals surface area contributed by atoms with Gasteiger partial charge in [-0.2, -0.15) is 0 Å². The predicted octanol–water partition coefficient (Wildman–Crippen LogP) is 4.70. The number of nitro benzene ring substituents is 1. The second kappa shape index (κ2) is 5.81. The Labute approximate surface area is 126 Å². The third-order valence-corrected chi connectivity index (χ3v) is 4.63. The Bertz CT molecular complexity index is 612. The summed E-state index contributed by atoms with van der Waals surface area (Å²) in [4.78, 5) is 11.8. The minimum absolute atomic E-state index is 0.000482. The third-order valence-electron chi connectivity index (χ3n) is 3.08. The molecule has 0 aliphatic heterocycles. The van der Waals surface area contributed by atoms with Crippen molar-refractivity contribution in [3.63, 3.8) is 0 Å². The van der Waals surface area contributed by atoms with Crippen molar-refractivity contribution in [3.8, 4) is 0 Å². The van der Waals surface area contributed by atoms with E-state index in [9.17, 15) is 10.1 Å². The fourth-order valence-corrected chi connectivity index (χ4v) is 2.99. The van der Waals surface area contributed by atoms with Crippen LogP contribution in [-0.2, 0) is 5.41 Å². The van der Waals surface area contributed by atoms with E-state index in [2.05, 4.69) is 25.2 Å². The lowest BCUT2D eigenvalue weighted by Gasteiger charge is -2.24. The summed E-state index contributed by atoms with van der Waals surface area (Å²) in [5, 5.41) is 16.5. The number of hydrogen-bond acceptors (Lipinski definition) is 4. The molecular weight excluding hydrogens is 296 g/mol. The molecular formula is C14H15ClN2O2S. The molecule has 0 radical (unpaired) electrons. The van der Waals surface area contributed by atoms with Crippen molar-refractivity contribution < 1.29 is 4.92 Å². The molecule has 106 valence electrons. The van der Waals surface area contributed by atoms with Crippen molar-refractivity contribution in [1.29, 1.82) is 0 Å². The summed E-state index contributed by atoms with van der Waals surface area (Å²) < 4.78 is 0. The standard InChI is InChI=1S/C14H15ClN2O2S/c1-14(2,12-7-4-8-20-12)9-16-13-10(15)5-3-6-11(13)17(18)19/h3-8,16H,9H2,1-2H3. The number of hydrogen-bond donors (Lipinski definition) is 1. The Hall–Kier alpha value is -1.59. The highest BCUT2D eigenvalue weighted by Gasteiger charge is 2.24. The summed E-state index contributed by atoms with van der Waals surface area (Å²) in [6, 6.07) is 8.74. The van der Waals surface area contributed by atoms with Crippen LogP contribution in [0, 0.1) is 10.1 Å². The van der Waals surface area contributed by atoms with Crippen LogP contribution in [0.5, 0.6) is 0 Å². The highest BCUT2D eigenvalue weighted by Crippen LogP contribution is 2.34. The molecule has 0 fully saturated rings. The number of halogens is 1. The monoisotopic (exact) mass is 310 g/mol. The SMILES string of the molecule is CC(C)(CNc1c(Cl)cccc1[N+](=O)[O-])c1cccs1. The Morgan fingerprint density at radius 3 is 2.70 bits per heavy atom. The molecule has 4 nitrogen and oxygen atoms in total. The molecule has 0 unspecified atom stereocenters. The highest BCUT2D eigenvalue weighted by molar-refractivity contribution is 7.10. The van der Waals surface area contributed by atoms with Crippen LogP contribution in [0.2, 0.25) is 5.02 Å². The lowest BCUT2D eigenvalue weighted by atomic mass is 9.91. The largest absolute Gasteiger partial charge is 0.377 e. The zero-order valence-electron chi connectivity index (χ0n) is 11.2. The van der Waals surface area contributed by atoms with Crippen LogP contribution in [0.4, 0.5) is 11.4 Å². The molecule has 0 bridgehead atoms. The quantitative estimate of drug-likeness (QED) is 0.643. The first-order chi connectivity index (χ1) is 9.42. The fourth-order valence-electron chi connectivity index (χ4n) is 1.90. The van der Waals surface area contributed by atoms with Crippen LogP contribution < -0.4 is 5.32 Å². The number of benzene rings is 1. The van der Waals surface area contributed by atoms with E-state index in [-0.39, 0.29) is 11.1 Å². The van der Waals surface area contributed by atoms with Crippen LogP contribution in [0.1, 0.15) is 18.7 Å². The minimum atomic E-state index is -0.424. The molecule has 0 aliphatic rings. The van der Waals surface area contributed by atoms with Gasteiger partial charge >= 0.3 is 0 Å². The van der Waals surface area contributed by atoms with Crippen molar-refractivity contribution in [2.24, 2.45) is 0 Å². The second-order valence-corrected chi connectivity index (χ2v) is 6.46. The van der Waals surface area contributed by atoms with E-state index in [1.54, 1.807) is 23.5 Å². The molecule has 1 N–H and O–H groups in total. The van der Waals surface area contributed by atoms with Gasteiger partial charge in [-0.05, 0) is 17.5 Å². The van der Waals surface area contributed by atoms with Gasteiger partial charge in [0.15, 0.2) is 0 Å². The van der Waals surface area contributed by atoms with Gasteiger partial charge < -0.3 is 5.32 Å². The molecule has 2 aromatic rings. The first kappa shape index (κ1) is 14.8. The number of para-hydroxylation sites is 1. The van der Waals surface area contributed by atoms with Crippen LogP contribution in [0.15, 0.2) is 35.7 Å². The maximum absolute atomic E-state index is 11.0. The smallest absolute Gasteiger partial charge is 0.293 e. The lowest BCUT2D eigenvalue weighted by molar-refractivity contribution is -0.383. The summed E-state index contributed by atoms with van der Waals surface area (Å²) in [6.07, 6.45) is 0. The molecule has 0 atom stereocenters. The number of rotatable bonds is 5. The first-order valence-corrected chi connectivity index (χ1v) is 7.38. The van der Waals surface area contributed by atoms with Gasteiger partial charge in [0.2, 0.25) is 0 Å². The molecule has 2 rings (SSSR count). The number of anilines is 1. The summed E-state index contributed by atoms with van der Waals surface area (Å²) in [5.41, 5.74) is 0.254. The van der Waals surface area contributed by atoms with Crippen LogP contribution in [0.25, 0.3) is 0 Å². The maximum Gasteiger partial charge on any atom is 0.293 e. The molecule has 0 spiro atoms. The first-order valence-electron chi connectivity index (χ1n) is 6.12. The van der Waals surface area contributed by atoms with Crippen LogP contribution >= 0.6 is 22.9 Å². The average molecular weight is 311 g/mol. The zero-order chi connectivity index (χ0) is 14.8. The van der Waals surface area contributed by atoms with E-state index < -0.39 is 4.92 Å². The fraction of sp³-hybridized carbons (Fsp3) is 0.286. The Morgan fingerprint density at radius 2 is 2.10 bits per heavy atom. The highest BCUT2D eigenvalue weighted by atomic mass is 35.5. The normalized spacial score (nSPS) is 11.3. The van der Waals surface area contributed by atoms with Gasteiger partial charge in [-0.3, -0.25) is 10.1 Å². The lowest BCUT2D eigenvalue weighted by Crippen LogP contribution is -2.26. The molecule has 0 amide bonds. The van der Waals surface area contributed by atoms with E-state index in [1.165, 1.54) is 10.9 Å². The Morgan fingerprint density at radius 1 is 1.35 bits per heavy atom. The number of thiophene rings is 1. The molecule has 0 aliphatic carbocycles. The van der Waals surface area contributed by atoms with E-state index in [4.69, 9.17) is 11.6 Å². The van der Waals surface area contributed by atoms with Gasteiger partial charge in [0, 0.05) is 22.9 Å². The van der Waals surface area contributed by atoms with E-state index in [1.807, 2.05) is 11.4 Å². The molecule has 20 heavy (non-hydrogen) atoms. The van der Waals surface area contributed by atoms with Crippen LogP contribution in [0.3, 0.4) is 0 Å². The third kappa shape index (κ3) is 3.11. The number of nitrogens with zero attached hydrogens (tertiary/aromatic N) is 1. The number of nitro groups is 1. The van der Waals surface area contributed by atoms with Crippen molar-refractivity contribution in [2.75, 3.05) is 11.9 Å². The second-order valence-electron chi connectivity index (χ2n) is 5.11. The van der Waals surface area contributed by atoms with E-state index in [0.29, 0.717) is 17.3 Å². The zero-order valence-corrected chi connectivity index (χ0v) is 12.8. The Balaban J connectivity index is 2.21. The van der Waals surface area contributed by atoms with Gasteiger partial charge in [-0.15, -0.1) is 11.3 Å². The van der Waals surface area contributed by atoms with Crippen LogP contribution in [-0.4, -0.2) is 11.5 Å².